The van der Waals surface area contributed by atoms with Crippen molar-refractivity contribution in [1.29, 1.82) is 0 Å². The lowest BCUT2D eigenvalue weighted by atomic mass is 10.1. The summed E-state index contributed by atoms with van der Waals surface area (Å²) in [6.07, 6.45) is 0. The van der Waals surface area contributed by atoms with Crippen molar-refractivity contribution in [3.05, 3.63) is 64.0 Å². The van der Waals surface area contributed by atoms with E-state index in [0.29, 0.717) is 5.89 Å². The Hall–Kier alpha value is -1.93. The Morgan fingerprint density at radius 1 is 1.08 bits per heavy atom. The molecule has 2 aromatic carbocycles. The fraction of sp³-hybridized carbons (Fsp3) is 0.125. The van der Waals surface area contributed by atoms with E-state index in [1.165, 1.54) is 18.2 Å². The zero-order chi connectivity index (χ0) is 18.0. The van der Waals surface area contributed by atoms with Gasteiger partial charge in [0.25, 0.3) is 0 Å². The first-order valence-electron chi connectivity index (χ1n) is 7.19. The number of rotatable bonds is 5. The summed E-state index contributed by atoms with van der Waals surface area (Å²) < 4.78 is 32.5. The van der Waals surface area contributed by atoms with Crippen LogP contribution < -0.4 is 4.72 Å². The number of hydrogen-bond acceptors (Lipinski definition) is 5. The van der Waals surface area contributed by atoms with Crippen LogP contribution in [0.3, 0.4) is 0 Å². The quantitative estimate of drug-likeness (QED) is 0.706. The summed E-state index contributed by atoms with van der Waals surface area (Å²) in [5.74, 6) is 0.479. The molecular weight excluding hydrogens is 385 g/mol. The van der Waals surface area contributed by atoms with Gasteiger partial charge in [0.05, 0.1) is 21.5 Å². The van der Waals surface area contributed by atoms with Gasteiger partial charge in [0.15, 0.2) is 0 Å². The van der Waals surface area contributed by atoms with Crippen LogP contribution >= 0.6 is 23.2 Å². The van der Waals surface area contributed by atoms with E-state index in [2.05, 4.69) is 14.9 Å². The Labute approximate surface area is 154 Å². The molecule has 9 heteroatoms. The summed E-state index contributed by atoms with van der Waals surface area (Å²) in [5.41, 5.74) is 1.82. The lowest BCUT2D eigenvalue weighted by Gasteiger charge is -2.05. The molecule has 130 valence electrons. The van der Waals surface area contributed by atoms with Gasteiger partial charge in [0.1, 0.15) is 0 Å². The molecule has 1 aromatic heterocycles. The zero-order valence-corrected chi connectivity index (χ0v) is 15.4. The summed E-state index contributed by atoms with van der Waals surface area (Å²) >= 11 is 11.7. The molecular formula is C16H13Cl2N3O3S. The number of halogens is 2. The number of nitrogens with one attached hydrogen (secondary N) is 1. The van der Waals surface area contributed by atoms with Gasteiger partial charge in [-0.25, -0.2) is 13.1 Å². The van der Waals surface area contributed by atoms with E-state index in [1.54, 1.807) is 0 Å². The predicted molar refractivity (Wildman–Crippen MR) is 95.0 cm³/mol. The molecule has 0 spiro atoms. The fourth-order valence-corrected chi connectivity index (χ4v) is 3.47. The van der Waals surface area contributed by atoms with Crippen molar-refractivity contribution in [2.24, 2.45) is 0 Å². The molecule has 3 aromatic rings. The Kier molecular flexibility index (Phi) is 5.10. The Bertz CT molecular complexity index is 1020. The molecule has 6 nitrogen and oxygen atoms in total. The molecule has 0 atom stereocenters. The number of nitrogens with zero attached hydrogens (tertiary/aromatic N) is 2. The standard InChI is InChI=1S/C16H13Cl2N3O3S/c1-10-3-2-4-11(7-10)16-21-20-15(24-16)9-19-25(22,23)12-5-6-13(17)14(18)8-12/h2-8,19H,9H2,1H3. The SMILES string of the molecule is Cc1cccc(-c2nnc(CNS(=O)(=O)c3ccc(Cl)c(Cl)c3)o2)c1. The summed E-state index contributed by atoms with van der Waals surface area (Å²) in [6.45, 7) is 1.81. The number of aryl methyl sites for hydroxylation is 1. The molecule has 0 aliphatic rings. The van der Waals surface area contributed by atoms with Gasteiger partial charge in [-0.15, -0.1) is 10.2 Å². The highest BCUT2D eigenvalue weighted by molar-refractivity contribution is 7.89. The Morgan fingerprint density at radius 3 is 2.60 bits per heavy atom. The number of sulfonamides is 1. The van der Waals surface area contributed by atoms with Crippen molar-refractivity contribution in [1.82, 2.24) is 14.9 Å². The van der Waals surface area contributed by atoms with E-state index >= 15 is 0 Å². The van der Waals surface area contributed by atoms with Gasteiger partial charge in [-0.1, -0.05) is 40.9 Å². The van der Waals surface area contributed by atoms with Crippen LogP contribution in [0, 0.1) is 6.92 Å². The van der Waals surface area contributed by atoms with Crippen LogP contribution in [0.4, 0.5) is 0 Å². The molecule has 0 aliphatic heterocycles. The maximum absolute atomic E-state index is 12.3. The highest BCUT2D eigenvalue weighted by Gasteiger charge is 2.17. The first-order chi connectivity index (χ1) is 11.8. The van der Waals surface area contributed by atoms with Crippen molar-refractivity contribution < 1.29 is 12.8 Å². The van der Waals surface area contributed by atoms with Crippen molar-refractivity contribution >= 4 is 33.2 Å². The molecule has 0 unspecified atom stereocenters. The van der Waals surface area contributed by atoms with Crippen LogP contribution in [0.2, 0.25) is 10.0 Å². The minimum absolute atomic E-state index is 0.000299. The molecule has 0 saturated heterocycles. The smallest absolute Gasteiger partial charge is 0.247 e. The van der Waals surface area contributed by atoms with Crippen LogP contribution in [0.5, 0.6) is 0 Å². The lowest BCUT2D eigenvalue weighted by molar-refractivity contribution is 0.494. The van der Waals surface area contributed by atoms with E-state index in [4.69, 9.17) is 27.6 Å². The molecule has 25 heavy (non-hydrogen) atoms. The Balaban J connectivity index is 1.74. The molecule has 0 radical (unpaired) electrons. The maximum Gasteiger partial charge on any atom is 0.247 e. The second kappa shape index (κ2) is 7.13. The summed E-state index contributed by atoms with van der Waals surface area (Å²) in [5, 5.41) is 8.23. The average molecular weight is 398 g/mol. The summed E-state index contributed by atoms with van der Waals surface area (Å²) in [6, 6.07) is 11.6. The monoisotopic (exact) mass is 397 g/mol. The van der Waals surface area contributed by atoms with Crippen molar-refractivity contribution in [2.45, 2.75) is 18.4 Å². The molecule has 1 heterocycles. The third-order valence-electron chi connectivity index (χ3n) is 3.35. The van der Waals surface area contributed by atoms with Gasteiger partial charge in [-0.3, -0.25) is 0 Å². The van der Waals surface area contributed by atoms with Crippen LogP contribution in [-0.4, -0.2) is 18.6 Å². The molecule has 0 aliphatic carbocycles. The van der Waals surface area contributed by atoms with E-state index in [1.807, 2.05) is 31.2 Å². The van der Waals surface area contributed by atoms with Gasteiger partial charge in [0.2, 0.25) is 21.8 Å². The van der Waals surface area contributed by atoms with Crippen molar-refractivity contribution in [3.8, 4) is 11.5 Å². The fourth-order valence-electron chi connectivity index (χ4n) is 2.10. The summed E-state index contributed by atoms with van der Waals surface area (Å²) in [7, 11) is -3.78. The predicted octanol–water partition coefficient (Wildman–Crippen LogP) is 3.83. The number of benzene rings is 2. The third kappa shape index (κ3) is 4.19. The highest BCUT2D eigenvalue weighted by Crippen LogP contribution is 2.25. The summed E-state index contributed by atoms with van der Waals surface area (Å²) in [4.78, 5) is 0.000299. The second-order valence-corrected chi connectivity index (χ2v) is 7.85. The van der Waals surface area contributed by atoms with Crippen LogP contribution in [0.1, 0.15) is 11.5 Å². The van der Waals surface area contributed by atoms with Gasteiger partial charge >= 0.3 is 0 Å². The van der Waals surface area contributed by atoms with E-state index < -0.39 is 10.0 Å². The van der Waals surface area contributed by atoms with Crippen molar-refractivity contribution in [3.63, 3.8) is 0 Å². The van der Waals surface area contributed by atoms with Gasteiger partial charge in [-0.05, 0) is 37.3 Å². The van der Waals surface area contributed by atoms with Crippen LogP contribution in [-0.2, 0) is 16.6 Å². The number of hydrogen-bond donors (Lipinski definition) is 1. The number of aromatic nitrogens is 2. The highest BCUT2D eigenvalue weighted by atomic mass is 35.5. The van der Waals surface area contributed by atoms with E-state index in [-0.39, 0.29) is 27.4 Å². The normalized spacial score (nSPS) is 11.6. The van der Waals surface area contributed by atoms with Crippen molar-refractivity contribution in [2.75, 3.05) is 0 Å². The van der Waals surface area contributed by atoms with Crippen LogP contribution in [0.25, 0.3) is 11.5 Å². The molecule has 0 fully saturated rings. The third-order valence-corrected chi connectivity index (χ3v) is 5.48. The average Bonchev–Trinajstić information content (AvgIpc) is 3.05. The Morgan fingerprint density at radius 2 is 1.88 bits per heavy atom. The van der Waals surface area contributed by atoms with Crippen LogP contribution in [0.15, 0.2) is 51.8 Å². The largest absolute Gasteiger partial charge is 0.419 e. The minimum Gasteiger partial charge on any atom is -0.419 e. The molecule has 0 bridgehead atoms. The molecule has 3 rings (SSSR count). The van der Waals surface area contributed by atoms with Gasteiger partial charge in [-0.2, -0.15) is 0 Å². The first-order valence-corrected chi connectivity index (χ1v) is 9.43. The molecule has 0 saturated carbocycles. The second-order valence-electron chi connectivity index (χ2n) is 5.27. The first kappa shape index (κ1) is 17.9. The topological polar surface area (TPSA) is 85.1 Å². The zero-order valence-electron chi connectivity index (χ0n) is 13.0. The van der Waals surface area contributed by atoms with E-state index in [9.17, 15) is 8.42 Å². The van der Waals surface area contributed by atoms with E-state index in [0.717, 1.165) is 11.1 Å². The lowest BCUT2D eigenvalue weighted by Crippen LogP contribution is -2.23. The maximum atomic E-state index is 12.3. The van der Waals surface area contributed by atoms with Gasteiger partial charge in [0, 0.05) is 5.56 Å². The molecule has 1 N–H and O–H groups in total. The molecule has 0 amide bonds. The van der Waals surface area contributed by atoms with Gasteiger partial charge < -0.3 is 4.42 Å². The minimum atomic E-state index is -3.78.